The van der Waals surface area contributed by atoms with Gasteiger partial charge in [0.1, 0.15) is 16.2 Å². The number of carbonyl (C=O) groups excluding carboxylic acids is 1. The number of piperidine rings is 1. The summed E-state index contributed by atoms with van der Waals surface area (Å²) in [4.78, 5) is 21.6. The van der Waals surface area contributed by atoms with Crippen LogP contribution in [-0.2, 0) is 10.3 Å². The number of nitrogens with zero attached hydrogens (tertiary/aromatic N) is 3. The molecule has 1 aliphatic heterocycles. The minimum atomic E-state index is -0.896. The molecular weight excluding hydrogens is 426 g/mol. The van der Waals surface area contributed by atoms with E-state index in [0.29, 0.717) is 25.9 Å². The van der Waals surface area contributed by atoms with Crippen molar-refractivity contribution in [3.63, 3.8) is 0 Å². The first-order valence-corrected chi connectivity index (χ1v) is 10.4. The van der Waals surface area contributed by atoms with Gasteiger partial charge >= 0.3 is 6.09 Å². The van der Waals surface area contributed by atoms with E-state index in [4.69, 9.17) is 4.74 Å². The molecule has 2 aromatic rings. The molecule has 25 heavy (non-hydrogen) atoms. The Kier molecular flexibility index (Phi) is 6.95. The molecule has 6 nitrogen and oxygen atoms in total. The smallest absolute Gasteiger partial charge is 0.410 e. The normalized spacial score (nSPS) is 16.8. The molecule has 0 spiro atoms. The average molecular weight is 448 g/mol. The van der Waals surface area contributed by atoms with Crippen molar-refractivity contribution in [2.24, 2.45) is 0 Å². The fourth-order valence-electron chi connectivity index (χ4n) is 2.26. The molecule has 2 aromatic heterocycles. The second-order valence-electron chi connectivity index (χ2n) is 6.62. The molecule has 1 N–H and O–H groups in total. The van der Waals surface area contributed by atoms with Crippen molar-refractivity contribution in [3.05, 3.63) is 32.1 Å². The second-order valence-corrected chi connectivity index (χ2v) is 9.69. The number of hydrogen-bond acceptors (Lipinski definition) is 7. The molecule has 0 atom stereocenters. The summed E-state index contributed by atoms with van der Waals surface area (Å²) in [6.07, 6.45) is 4.14. The summed E-state index contributed by atoms with van der Waals surface area (Å²) in [6.45, 7) is 6.53. The lowest BCUT2D eigenvalue weighted by molar-refractivity contribution is -0.0357. The highest BCUT2D eigenvalue weighted by Gasteiger charge is 2.38. The van der Waals surface area contributed by atoms with Crippen LogP contribution in [0.3, 0.4) is 0 Å². The summed E-state index contributed by atoms with van der Waals surface area (Å²) in [6, 6.07) is 0. The molecule has 138 valence electrons. The number of hydrogen-bond donors (Lipinski definition) is 1. The SMILES string of the molecule is Brc1nccs1.CC(C)(C)OC(=O)N1CCC(O)(c2nccs2)CC1. The summed E-state index contributed by atoms with van der Waals surface area (Å²) < 4.78 is 6.28. The highest BCUT2D eigenvalue weighted by atomic mass is 79.9. The molecule has 0 saturated carbocycles. The van der Waals surface area contributed by atoms with Crippen LogP contribution in [-0.4, -0.2) is 44.8 Å². The monoisotopic (exact) mass is 447 g/mol. The van der Waals surface area contributed by atoms with E-state index in [1.165, 1.54) is 11.3 Å². The van der Waals surface area contributed by atoms with Crippen LogP contribution in [0.15, 0.2) is 27.1 Å². The zero-order valence-corrected chi connectivity index (χ0v) is 17.7. The Labute approximate surface area is 164 Å². The van der Waals surface area contributed by atoms with Gasteiger partial charge in [-0.2, -0.15) is 0 Å². The van der Waals surface area contributed by atoms with Crippen LogP contribution in [0.5, 0.6) is 0 Å². The zero-order chi connectivity index (χ0) is 18.5. The Morgan fingerprint density at radius 2 is 1.84 bits per heavy atom. The minimum absolute atomic E-state index is 0.311. The molecule has 3 rings (SSSR count). The van der Waals surface area contributed by atoms with Gasteiger partial charge in [-0.25, -0.2) is 14.8 Å². The quantitative estimate of drug-likeness (QED) is 0.706. The largest absolute Gasteiger partial charge is 0.444 e. The maximum Gasteiger partial charge on any atom is 0.410 e. The van der Waals surface area contributed by atoms with Gasteiger partial charge in [-0.05, 0) is 36.7 Å². The molecule has 9 heteroatoms. The molecule has 0 radical (unpaired) electrons. The van der Waals surface area contributed by atoms with E-state index in [1.54, 1.807) is 28.6 Å². The zero-order valence-electron chi connectivity index (χ0n) is 14.4. The predicted octanol–water partition coefficient (Wildman–Crippen LogP) is 4.27. The van der Waals surface area contributed by atoms with Crippen molar-refractivity contribution in [2.75, 3.05) is 13.1 Å². The van der Waals surface area contributed by atoms with Crippen molar-refractivity contribution >= 4 is 44.7 Å². The number of carbonyl (C=O) groups is 1. The van der Waals surface area contributed by atoms with Crippen molar-refractivity contribution in [1.82, 2.24) is 14.9 Å². The number of aliphatic hydroxyl groups is 1. The van der Waals surface area contributed by atoms with Crippen molar-refractivity contribution in [2.45, 2.75) is 44.8 Å². The summed E-state index contributed by atoms with van der Waals surface area (Å²) in [5.74, 6) is 0. The lowest BCUT2D eigenvalue weighted by Crippen LogP contribution is -2.46. The van der Waals surface area contributed by atoms with Crippen LogP contribution in [0.25, 0.3) is 0 Å². The fourth-order valence-corrected chi connectivity index (χ4v) is 3.85. The highest BCUT2D eigenvalue weighted by molar-refractivity contribution is 9.11. The summed E-state index contributed by atoms with van der Waals surface area (Å²) in [5, 5.41) is 15.0. The van der Waals surface area contributed by atoms with Gasteiger partial charge < -0.3 is 14.7 Å². The van der Waals surface area contributed by atoms with Crippen molar-refractivity contribution < 1.29 is 14.6 Å². The molecule has 1 saturated heterocycles. The van der Waals surface area contributed by atoms with Crippen LogP contribution in [0.1, 0.15) is 38.6 Å². The molecule has 1 aliphatic rings. The molecule has 1 fully saturated rings. The van der Waals surface area contributed by atoms with Gasteiger partial charge in [-0.15, -0.1) is 22.7 Å². The maximum absolute atomic E-state index is 11.9. The van der Waals surface area contributed by atoms with E-state index in [1.807, 2.05) is 31.5 Å². The number of thiazole rings is 2. The van der Waals surface area contributed by atoms with E-state index < -0.39 is 11.2 Å². The van der Waals surface area contributed by atoms with Crippen molar-refractivity contribution in [3.8, 4) is 0 Å². The lowest BCUT2D eigenvalue weighted by atomic mass is 9.92. The first kappa shape index (κ1) is 20.3. The van der Waals surface area contributed by atoms with Gasteiger partial charge in [0.2, 0.25) is 0 Å². The first-order chi connectivity index (χ1) is 11.7. The van der Waals surface area contributed by atoms with Gasteiger partial charge in [0.15, 0.2) is 3.92 Å². The number of amides is 1. The van der Waals surface area contributed by atoms with Crippen LogP contribution in [0, 0.1) is 0 Å². The summed E-state index contributed by atoms with van der Waals surface area (Å²) >= 11 is 6.22. The van der Waals surface area contributed by atoms with Crippen LogP contribution in [0.2, 0.25) is 0 Å². The number of ether oxygens (including phenoxy) is 1. The highest BCUT2D eigenvalue weighted by Crippen LogP contribution is 2.34. The second kappa shape index (κ2) is 8.57. The summed E-state index contributed by atoms with van der Waals surface area (Å²) in [5.41, 5.74) is -1.38. The molecule has 0 unspecified atom stereocenters. The number of aromatic nitrogens is 2. The van der Waals surface area contributed by atoms with Gasteiger partial charge in [0.05, 0.1) is 0 Å². The standard InChI is InChI=1S/C13H20N2O3S.C3H2BrNS/c1-12(2,3)18-11(16)15-7-4-13(17,5-8-15)10-14-6-9-19-10;4-3-5-1-2-6-3/h6,9,17H,4-5,7-8H2,1-3H3;1-2H. The third-order valence-corrected chi connectivity index (χ3v) is 5.76. The minimum Gasteiger partial charge on any atom is -0.444 e. The average Bonchev–Trinajstić information content (AvgIpc) is 3.20. The van der Waals surface area contributed by atoms with Gasteiger partial charge in [0, 0.05) is 49.1 Å². The number of likely N-dealkylation sites (tertiary alicyclic amines) is 1. The Morgan fingerprint density at radius 3 is 2.24 bits per heavy atom. The number of halogens is 1. The maximum atomic E-state index is 11.9. The third-order valence-electron chi connectivity index (χ3n) is 3.47. The van der Waals surface area contributed by atoms with Crippen molar-refractivity contribution in [1.29, 1.82) is 0 Å². The Morgan fingerprint density at radius 1 is 1.24 bits per heavy atom. The van der Waals surface area contributed by atoms with E-state index in [9.17, 15) is 9.90 Å². The fraction of sp³-hybridized carbons (Fsp3) is 0.562. The van der Waals surface area contributed by atoms with E-state index in [2.05, 4.69) is 25.9 Å². The van der Waals surface area contributed by atoms with Gasteiger partial charge in [0.25, 0.3) is 0 Å². The van der Waals surface area contributed by atoms with Crippen LogP contribution >= 0.6 is 38.6 Å². The van der Waals surface area contributed by atoms with E-state index in [0.717, 1.165) is 8.92 Å². The Bertz CT molecular complexity index is 649. The lowest BCUT2D eigenvalue weighted by Gasteiger charge is -2.37. The Balaban J connectivity index is 0.000000316. The predicted molar refractivity (Wildman–Crippen MR) is 103 cm³/mol. The van der Waals surface area contributed by atoms with Gasteiger partial charge in [-0.3, -0.25) is 0 Å². The number of rotatable bonds is 1. The molecule has 0 aliphatic carbocycles. The summed E-state index contributed by atoms with van der Waals surface area (Å²) in [7, 11) is 0. The van der Waals surface area contributed by atoms with Crippen LogP contribution < -0.4 is 0 Å². The topological polar surface area (TPSA) is 75.5 Å². The molecule has 0 bridgehead atoms. The van der Waals surface area contributed by atoms with E-state index >= 15 is 0 Å². The molecule has 3 heterocycles. The molecular formula is C16H22BrN3O3S2. The van der Waals surface area contributed by atoms with E-state index in [-0.39, 0.29) is 6.09 Å². The van der Waals surface area contributed by atoms with Crippen LogP contribution in [0.4, 0.5) is 4.79 Å². The van der Waals surface area contributed by atoms with Gasteiger partial charge in [-0.1, -0.05) is 0 Å². The Hall–Kier alpha value is -1.03. The first-order valence-electron chi connectivity index (χ1n) is 7.85. The third kappa shape index (κ3) is 6.32. The molecule has 0 aromatic carbocycles. The molecule has 1 amide bonds.